The fraction of sp³-hybridized carbons (Fsp3) is 0.357. The maximum Gasteiger partial charge on any atom is 0.140 e. The van der Waals surface area contributed by atoms with Gasteiger partial charge in [0.25, 0.3) is 0 Å². The Hall–Kier alpha value is -1.46. The average Bonchev–Trinajstić information content (AvgIpc) is 2.66. The number of aromatic nitrogens is 1. The van der Waals surface area contributed by atoms with Gasteiger partial charge in [-0.15, -0.1) is 11.3 Å². The zero-order chi connectivity index (χ0) is 14.0. The van der Waals surface area contributed by atoms with Crippen LogP contribution in [0, 0.1) is 19.7 Å². The second kappa shape index (κ2) is 5.67. The van der Waals surface area contributed by atoms with E-state index in [0.717, 1.165) is 15.6 Å². The Morgan fingerprint density at radius 2 is 2.16 bits per heavy atom. The summed E-state index contributed by atoms with van der Waals surface area (Å²) >= 11 is 1.56. The molecule has 0 aliphatic heterocycles. The summed E-state index contributed by atoms with van der Waals surface area (Å²) < 4.78 is 18.8. The fourth-order valence-electron chi connectivity index (χ4n) is 1.72. The van der Waals surface area contributed by atoms with Crippen LogP contribution in [0.1, 0.15) is 34.2 Å². The molecule has 102 valence electrons. The number of thiazole rings is 1. The molecule has 0 spiro atoms. The van der Waals surface area contributed by atoms with E-state index in [2.05, 4.69) is 4.98 Å². The number of benzene rings is 1. The van der Waals surface area contributed by atoms with Crippen LogP contribution in [0.3, 0.4) is 0 Å². The Kier molecular flexibility index (Phi) is 4.17. The number of rotatable bonds is 4. The molecule has 0 radical (unpaired) electrons. The highest BCUT2D eigenvalue weighted by molar-refractivity contribution is 7.11. The summed E-state index contributed by atoms with van der Waals surface area (Å²) in [6.07, 6.45) is -0.699. The Morgan fingerprint density at radius 1 is 1.42 bits per heavy atom. The summed E-state index contributed by atoms with van der Waals surface area (Å²) in [5.41, 5.74) is 1.56. The van der Waals surface area contributed by atoms with Gasteiger partial charge in [-0.3, -0.25) is 0 Å². The van der Waals surface area contributed by atoms with Gasteiger partial charge in [-0.1, -0.05) is 0 Å². The molecule has 1 heterocycles. The van der Waals surface area contributed by atoms with Crippen LogP contribution in [0.25, 0.3) is 0 Å². The lowest BCUT2D eigenvalue weighted by atomic mass is 10.1. The van der Waals surface area contributed by atoms with E-state index in [-0.39, 0.29) is 12.4 Å². The number of hydrogen-bond acceptors (Lipinski definition) is 4. The summed E-state index contributed by atoms with van der Waals surface area (Å²) in [5.74, 6) is -0.0218. The Morgan fingerprint density at radius 3 is 2.74 bits per heavy atom. The molecular formula is C14H16FNO2S. The standard InChI is InChI=1S/C14H16FNO2S/c1-8-10(3)19-14(16-8)7-18-13-6-11(15)4-5-12(13)9(2)17/h4-6,9,17H,7H2,1-3H3/t9-/m1/s1. The van der Waals surface area contributed by atoms with Crippen molar-refractivity contribution in [3.63, 3.8) is 0 Å². The van der Waals surface area contributed by atoms with E-state index in [1.165, 1.54) is 18.2 Å². The molecule has 0 saturated carbocycles. The van der Waals surface area contributed by atoms with E-state index in [1.54, 1.807) is 18.3 Å². The van der Waals surface area contributed by atoms with Gasteiger partial charge in [-0.25, -0.2) is 9.37 Å². The molecule has 19 heavy (non-hydrogen) atoms. The predicted molar refractivity (Wildman–Crippen MR) is 73.0 cm³/mol. The Balaban J connectivity index is 2.16. The van der Waals surface area contributed by atoms with Gasteiger partial charge in [0.05, 0.1) is 11.8 Å². The molecule has 0 amide bonds. The summed E-state index contributed by atoms with van der Waals surface area (Å²) in [7, 11) is 0. The van der Waals surface area contributed by atoms with E-state index in [0.29, 0.717) is 11.3 Å². The van der Waals surface area contributed by atoms with Gasteiger partial charge in [0.2, 0.25) is 0 Å². The van der Waals surface area contributed by atoms with Crippen LogP contribution in [-0.4, -0.2) is 10.1 Å². The van der Waals surface area contributed by atoms with Crippen LogP contribution in [0.4, 0.5) is 4.39 Å². The van der Waals surface area contributed by atoms with Crippen molar-refractivity contribution in [3.05, 3.63) is 45.2 Å². The topological polar surface area (TPSA) is 42.4 Å². The van der Waals surface area contributed by atoms with Crippen LogP contribution in [-0.2, 0) is 6.61 Å². The fourth-order valence-corrected chi connectivity index (χ4v) is 2.57. The van der Waals surface area contributed by atoms with Crippen molar-refractivity contribution in [1.29, 1.82) is 0 Å². The first kappa shape index (κ1) is 14.0. The molecule has 0 aliphatic rings. The van der Waals surface area contributed by atoms with Gasteiger partial charge in [-0.05, 0) is 32.9 Å². The minimum Gasteiger partial charge on any atom is -0.486 e. The summed E-state index contributed by atoms with van der Waals surface area (Å²) in [4.78, 5) is 5.51. The first-order valence-corrected chi connectivity index (χ1v) is 6.82. The number of nitrogens with zero attached hydrogens (tertiary/aromatic N) is 1. The third-order valence-electron chi connectivity index (χ3n) is 2.85. The van der Waals surface area contributed by atoms with E-state index in [1.807, 2.05) is 13.8 Å². The molecule has 1 aromatic carbocycles. The highest BCUT2D eigenvalue weighted by Crippen LogP contribution is 2.27. The van der Waals surface area contributed by atoms with Crippen molar-refractivity contribution in [2.75, 3.05) is 0 Å². The summed E-state index contributed by atoms with van der Waals surface area (Å²) in [6.45, 7) is 5.85. The highest BCUT2D eigenvalue weighted by Gasteiger charge is 2.12. The smallest absolute Gasteiger partial charge is 0.140 e. The second-order valence-electron chi connectivity index (χ2n) is 4.40. The normalized spacial score (nSPS) is 12.5. The van der Waals surface area contributed by atoms with E-state index >= 15 is 0 Å². The Labute approximate surface area is 115 Å². The van der Waals surface area contributed by atoms with Crippen molar-refractivity contribution in [2.45, 2.75) is 33.5 Å². The number of aliphatic hydroxyl groups is 1. The third-order valence-corrected chi connectivity index (χ3v) is 3.90. The molecule has 0 unspecified atom stereocenters. The Bertz CT molecular complexity index is 561. The van der Waals surface area contributed by atoms with E-state index in [4.69, 9.17) is 4.74 Å². The molecule has 0 saturated heterocycles. The van der Waals surface area contributed by atoms with Gasteiger partial charge >= 0.3 is 0 Å². The quantitative estimate of drug-likeness (QED) is 0.932. The minimum absolute atomic E-state index is 0.280. The molecule has 0 fully saturated rings. The summed E-state index contributed by atoms with van der Waals surface area (Å²) in [5, 5.41) is 10.5. The van der Waals surface area contributed by atoms with E-state index < -0.39 is 6.10 Å². The van der Waals surface area contributed by atoms with Crippen molar-refractivity contribution < 1.29 is 14.2 Å². The maximum atomic E-state index is 13.2. The predicted octanol–water partition coefficient (Wildman–Crippen LogP) is 3.53. The SMILES string of the molecule is Cc1nc(COc2cc(F)ccc2[C@@H](C)O)sc1C. The number of ether oxygens (including phenoxy) is 1. The van der Waals surface area contributed by atoms with Gasteiger partial charge in [0, 0.05) is 16.5 Å². The lowest BCUT2D eigenvalue weighted by Gasteiger charge is -2.12. The third kappa shape index (κ3) is 3.30. The molecule has 3 nitrogen and oxygen atoms in total. The first-order chi connectivity index (χ1) is 8.97. The molecule has 0 aliphatic carbocycles. The molecule has 5 heteroatoms. The molecule has 0 bridgehead atoms. The van der Waals surface area contributed by atoms with Gasteiger partial charge in [0.1, 0.15) is 23.2 Å². The largest absolute Gasteiger partial charge is 0.486 e. The minimum atomic E-state index is -0.699. The van der Waals surface area contributed by atoms with Crippen LogP contribution >= 0.6 is 11.3 Å². The van der Waals surface area contributed by atoms with Gasteiger partial charge in [0.15, 0.2) is 0 Å². The van der Waals surface area contributed by atoms with Crippen molar-refractivity contribution in [2.24, 2.45) is 0 Å². The molecule has 1 atom stereocenters. The summed E-state index contributed by atoms with van der Waals surface area (Å²) in [6, 6.07) is 4.13. The monoisotopic (exact) mass is 281 g/mol. The van der Waals surface area contributed by atoms with Crippen LogP contribution in [0.15, 0.2) is 18.2 Å². The van der Waals surface area contributed by atoms with Gasteiger partial charge < -0.3 is 9.84 Å². The number of aryl methyl sites for hydroxylation is 2. The van der Waals surface area contributed by atoms with Gasteiger partial charge in [-0.2, -0.15) is 0 Å². The second-order valence-corrected chi connectivity index (χ2v) is 5.68. The molecule has 2 aromatic rings. The lowest BCUT2D eigenvalue weighted by Crippen LogP contribution is -2.01. The lowest BCUT2D eigenvalue weighted by molar-refractivity contribution is 0.189. The maximum absolute atomic E-state index is 13.2. The van der Waals surface area contributed by atoms with Crippen LogP contribution in [0.2, 0.25) is 0 Å². The van der Waals surface area contributed by atoms with Crippen molar-refractivity contribution in [3.8, 4) is 5.75 Å². The van der Waals surface area contributed by atoms with Crippen molar-refractivity contribution in [1.82, 2.24) is 4.98 Å². The highest BCUT2D eigenvalue weighted by atomic mass is 32.1. The van der Waals surface area contributed by atoms with Crippen LogP contribution < -0.4 is 4.74 Å². The zero-order valence-corrected chi connectivity index (χ0v) is 11.9. The first-order valence-electron chi connectivity index (χ1n) is 6.00. The molecule has 2 rings (SSSR count). The average molecular weight is 281 g/mol. The molecule has 1 aromatic heterocycles. The molecular weight excluding hydrogens is 265 g/mol. The number of halogens is 1. The van der Waals surface area contributed by atoms with E-state index in [9.17, 15) is 9.50 Å². The van der Waals surface area contributed by atoms with Crippen LogP contribution in [0.5, 0.6) is 5.75 Å². The number of aliphatic hydroxyl groups excluding tert-OH is 1. The zero-order valence-electron chi connectivity index (χ0n) is 11.1. The molecule has 1 N–H and O–H groups in total. The number of hydrogen-bond donors (Lipinski definition) is 1. The van der Waals surface area contributed by atoms with Crippen molar-refractivity contribution >= 4 is 11.3 Å².